The van der Waals surface area contributed by atoms with Gasteiger partial charge in [-0.2, -0.15) is 27.8 Å². The average Bonchev–Trinajstić information content (AvgIpc) is 3.06. The van der Waals surface area contributed by atoms with Crippen molar-refractivity contribution < 1.29 is 22.7 Å². The summed E-state index contributed by atoms with van der Waals surface area (Å²) in [5.41, 5.74) is -1.28. The SMILES string of the molecule is Cc1cc(NC(c2ccc(C(F)(F)F)c(F)c2)C(C)(C)CO)n2ncnc2n1. The molecule has 2 heterocycles. The third kappa shape index (κ3) is 3.77. The van der Waals surface area contributed by atoms with E-state index in [9.17, 15) is 22.7 Å². The van der Waals surface area contributed by atoms with E-state index in [0.717, 1.165) is 6.07 Å². The number of nitrogens with zero attached hydrogens (tertiary/aromatic N) is 4. The van der Waals surface area contributed by atoms with Crippen LogP contribution in [0.4, 0.5) is 23.4 Å². The zero-order valence-corrected chi connectivity index (χ0v) is 15.4. The Balaban J connectivity index is 2.08. The molecule has 0 amide bonds. The smallest absolute Gasteiger partial charge is 0.396 e. The Kier molecular flexibility index (Phi) is 5.00. The number of alkyl halides is 3. The minimum Gasteiger partial charge on any atom is -0.396 e. The first-order valence-electron chi connectivity index (χ1n) is 8.44. The molecule has 1 unspecified atom stereocenters. The third-order valence-electron chi connectivity index (χ3n) is 4.49. The number of rotatable bonds is 5. The van der Waals surface area contributed by atoms with Crippen LogP contribution in [0.3, 0.4) is 0 Å². The van der Waals surface area contributed by atoms with Gasteiger partial charge in [0.1, 0.15) is 18.0 Å². The predicted molar refractivity (Wildman–Crippen MR) is 94.2 cm³/mol. The van der Waals surface area contributed by atoms with Gasteiger partial charge in [0.25, 0.3) is 5.78 Å². The molecular weight excluding hydrogens is 378 g/mol. The van der Waals surface area contributed by atoms with Crippen LogP contribution in [0.2, 0.25) is 0 Å². The Morgan fingerprint density at radius 1 is 1.21 bits per heavy atom. The lowest BCUT2D eigenvalue weighted by molar-refractivity contribution is -0.140. The zero-order valence-electron chi connectivity index (χ0n) is 15.4. The summed E-state index contributed by atoms with van der Waals surface area (Å²) in [5, 5.41) is 17.1. The van der Waals surface area contributed by atoms with Crippen LogP contribution in [0.1, 0.15) is 36.7 Å². The van der Waals surface area contributed by atoms with Crippen molar-refractivity contribution in [3.05, 3.63) is 53.2 Å². The van der Waals surface area contributed by atoms with Crippen molar-refractivity contribution in [3.63, 3.8) is 0 Å². The van der Waals surface area contributed by atoms with Gasteiger partial charge < -0.3 is 10.4 Å². The van der Waals surface area contributed by atoms with E-state index in [1.54, 1.807) is 26.8 Å². The minimum atomic E-state index is -4.78. The standard InChI is InChI=1S/C18H19F4N5O/c1-10-6-14(27-16(25-10)23-9-24-27)26-15(17(2,3)8-28)11-4-5-12(13(19)7-11)18(20,21)22/h4-7,9,15,26,28H,8H2,1-3H3. The van der Waals surface area contributed by atoms with E-state index in [1.807, 2.05) is 0 Å². The molecule has 0 bridgehead atoms. The fourth-order valence-electron chi connectivity index (χ4n) is 2.94. The molecule has 3 aromatic rings. The molecule has 3 rings (SSSR count). The monoisotopic (exact) mass is 397 g/mol. The van der Waals surface area contributed by atoms with Crippen molar-refractivity contribution in [2.75, 3.05) is 11.9 Å². The summed E-state index contributed by atoms with van der Waals surface area (Å²) in [6.07, 6.45) is -3.47. The summed E-state index contributed by atoms with van der Waals surface area (Å²) >= 11 is 0. The van der Waals surface area contributed by atoms with Crippen LogP contribution in [0.5, 0.6) is 0 Å². The Labute approximate surface area is 158 Å². The second-order valence-corrected chi connectivity index (χ2v) is 7.22. The number of aromatic nitrogens is 4. The summed E-state index contributed by atoms with van der Waals surface area (Å²) in [4.78, 5) is 8.25. The topological polar surface area (TPSA) is 75.3 Å². The highest BCUT2D eigenvalue weighted by Crippen LogP contribution is 2.38. The molecule has 0 spiro atoms. The largest absolute Gasteiger partial charge is 0.419 e. The lowest BCUT2D eigenvalue weighted by Crippen LogP contribution is -2.32. The molecule has 0 fully saturated rings. The second-order valence-electron chi connectivity index (χ2n) is 7.22. The van der Waals surface area contributed by atoms with E-state index < -0.39 is 29.0 Å². The molecule has 1 atom stereocenters. The maximum Gasteiger partial charge on any atom is 0.419 e. The second kappa shape index (κ2) is 7.01. The third-order valence-corrected chi connectivity index (χ3v) is 4.49. The van der Waals surface area contributed by atoms with Crippen LogP contribution in [-0.4, -0.2) is 31.3 Å². The lowest BCUT2D eigenvalue weighted by atomic mass is 9.80. The predicted octanol–water partition coefficient (Wildman–Crippen LogP) is 3.76. The van der Waals surface area contributed by atoms with Gasteiger partial charge in [0.2, 0.25) is 0 Å². The van der Waals surface area contributed by atoms with Crippen LogP contribution in [0.15, 0.2) is 30.6 Å². The van der Waals surface area contributed by atoms with E-state index in [2.05, 4.69) is 20.4 Å². The number of fused-ring (bicyclic) bond motifs is 1. The molecule has 6 nitrogen and oxygen atoms in total. The summed E-state index contributed by atoms with van der Waals surface area (Å²) in [6.45, 7) is 4.89. The van der Waals surface area contributed by atoms with Crippen molar-refractivity contribution in [3.8, 4) is 0 Å². The minimum absolute atomic E-state index is 0.257. The highest BCUT2D eigenvalue weighted by molar-refractivity contribution is 5.47. The molecule has 150 valence electrons. The molecule has 0 radical (unpaired) electrons. The quantitative estimate of drug-likeness (QED) is 0.641. The van der Waals surface area contributed by atoms with Gasteiger partial charge in [-0.1, -0.05) is 19.9 Å². The van der Waals surface area contributed by atoms with Gasteiger partial charge in [0.05, 0.1) is 18.2 Å². The molecular formula is C18H19F4N5O. The molecule has 0 aliphatic rings. The van der Waals surface area contributed by atoms with Crippen molar-refractivity contribution in [1.29, 1.82) is 0 Å². The maximum absolute atomic E-state index is 14.2. The summed E-state index contributed by atoms with van der Waals surface area (Å²) in [5.74, 6) is -0.573. The van der Waals surface area contributed by atoms with Crippen LogP contribution in [0.25, 0.3) is 5.78 Å². The highest BCUT2D eigenvalue weighted by atomic mass is 19.4. The number of nitrogens with one attached hydrogen (secondary N) is 1. The average molecular weight is 397 g/mol. The number of hydrogen-bond donors (Lipinski definition) is 2. The molecule has 0 saturated heterocycles. The lowest BCUT2D eigenvalue weighted by Gasteiger charge is -2.34. The summed E-state index contributed by atoms with van der Waals surface area (Å²) in [6, 6.07) is 3.71. The number of hydrogen-bond acceptors (Lipinski definition) is 5. The van der Waals surface area contributed by atoms with Gasteiger partial charge in [-0.15, -0.1) is 0 Å². The number of aliphatic hydroxyl groups is 1. The number of halogens is 4. The Hall–Kier alpha value is -2.75. The number of aryl methyl sites for hydroxylation is 1. The Bertz CT molecular complexity index is 999. The van der Waals surface area contributed by atoms with Gasteiger partial charge in [0.15, 0.2) is 0 Å². The van der Waals surface area contributed by atoms with Gasteiger partial charge in [0, 0.05) is 17.2 Å². The fourth-order valence-corrected chi connectivity index (χ4v) is 2.94. The highest BCUT2D eigenvalue weighted by Gasteiger charge is 2.36. The summed E-state index contributed by atoms with van der Waals surface area (Å²) < 4.78 is 54.3. The normalized spacial score (nSPS) is 13.7. The Morgan fingerprint density at radius 3 is 2.54 bits per heavy atom. The van der Waals surface area contributed by atoms with Gasteiger partial charge in [-0.25, -0.2) is 9.37 Å². The van der Waals surface area contributed by atoms with E-state index in [4.69, 9.17) is 0 Å². The summed E-state index contributed by atoms with van der Waals surface area (Å²) in [7, 11) is 0. The maximum atomic E-state index is 14.2. The molecule has 28 heavy (non-hydrogen) atoms. The van der Waals surface area contributed by atoms with E-state index in [1.165, 1.54) is 16.9 Å². The molecule has 2 N–H and O–H groups in total. The molecule has 10 heteroatoms. The molecule has 0 saturated carbocycles. The Morgan fingerprint density at radius 2 is 1.93 bits per heavy atom. The molecule has 0 aliphatic carbocycles. The van der Waals surface area contributed by atoms with Gasteiger partial charge >= 0.3 is 6.18 Å². The van der Waals surface area contributed by atoms with Gasteiger partial charge in [-0.3, -0.25) is 0 Å². The molecule has 1 aromatic carbocycles. The number of anilines is 1. The number of benzene rings is 1. The fraction of sp³-hybridized carbons (Fsp3) is 0.389. The zero-order chi connectivity index (χ0) is 20.7. The van der Waals surface area contributed by atoms with Gasteiger partial charge in [-0.05, 0) is 24.6 Å². The first-order chi connectivity index (χ1) is 13.0. The molecule has 2 aromatic heterocycles. The van der Waals surface area contributed by atoms with Crippen molar-refractivity contribution in [1.82, 2.24) is 19.6 Å². The van der Waals surface area contributed by atoms with E-state index in [0.29, 0.717) is 23.4 Å². The van der Waals surface area contributed by atoms with E-state index >= 15 is 0 Å². The first kappa shape index (κ1) is 20.0. The first-order valence-corrected chi connectivity index (χ1v) is 8.44. The van der Waals surface area contributed by atoms with Crippen molar-refractivity contribution >= 4 is 11.6 Å². The van der Waals surface area contributed by atoms with Crippen LogP contribution < -0.4 is 5.32 Å². The molecule has 0 aliphatic heterocycles. The van der Waals surface area contributed by atoms with E-state index in [-0.39, 0.29) is 12.2 Å². The number of aliphatic hydroxyl groups excluding tert-OH is 1. The van der Waals surface area contributed by atoms with Crippen LogP contribution >= 0.6 is 0 Å². The van der Waals surface area contributed by atoms with Crippen LogP contribution in [-0.2, 0) is 6.18 Å². The van der Waals surface area contributed by atoms with Crippen molar-refractivity contribution in [2.24, 2.45) is 5.41 Å². The van der Waals surface area contributed by atoms with Crippen LogP contribution in [0, 0.1) is 18.2 Å². The van der Waals surface area contributed by atoms with Crippen molar-refractivity contribution in [2.45, 2.75) is 33.0 Å².